The van der Waals surface area contributed by atoms with Crippen LogP contribution in [0.2, 0.25) is 0 Å². The molecule has 0 aromatic heterocycles. The molecule has 2 N–H and O–H groups in total. The predicted octanol–water partition coefficient (Wildman–Crippen LogP) is 4.18. The fraction of sp³-hybridized carbons (Fsp3) is 0.250. The molecule has 2 aromatic carbocycles. The van der Waals surface area contributed by atoms with Gasteiger partial charge in [-0.2, -0.15) is 0 Å². The summed E-state index contributed by atoms with van der Waals surface area (Å²) in [4.78, 5) is 1.70. The second-order valence-corrected chi connectivity index (χ2v) is 5.98. The molecule has 1 atom stereocenters. The average Bonchev–Trinajstić information content (AvgIpc) is 2.34. The van der Waals surface area contributed by atoms with E-state index in [0.717, 1.165) is 10.5 Å². The number of hydrogen-bond donors (Lipinski definition) is 1. The quantitative estimate of drug-likeness (QED) is 0.906. The van der Waals surface area contributed by atoms with Crippen molar-refractivity contribution < 1.29 is 4.39 Å². The van der Waals surface area contributed by atoms with Crippen LogP contribution in [0, 0.1) is 12.7 Å². The monoisotopic (exact) mass is 275 g/mol. The SMILES string of the molecule is Cc1ccc(Sc2ccc(CC(C)N)cc2F)cc1. The van der Waals surface area contributed by atoms with Crippen LogP contribution in [0.25, 0.3) is 0 Å². The molecule has 0 aliphatic heterocycles. The second kappa shape index (κ2) is 6.22. The van der Waals surface area contributed by atoms with Crippen molar-refractivity contribution in [3.05, 3.63) is 59.4 Å². The van der Waals surface area contributed by atoms with Crippen LogP contribution >= 0.6 is 11.8 Å². The van der Waals surface area contributed by atoms with Gasteiger partial charge in [0.05, 0.1) is 0 Å². The molecule has 2 rings (SSSR count). The molecule has 2 aromatic rings. The van der Waals surface area contributed by atoms with Gasteiger partial charge in [0, 0.05) is 15.8 Å². The lowest BCUT2D eigenvalue weighted by Gasteiger charge is -2.08. The second-order valence-electron chi connectivity index (χ2n) is 4.86. The molecule has 1 nitrogen and oxygen atoms in total. The molecule has 0 spiro atoms. The molecule has 0 aliphatic rings. The maximum atomic E-state index is 14.0. The lowest BCUT2D eigenvalue weighted by atomic mass is 10.1. The highest BCUT2D eigenvalue weighted by Crippen LogP contribution is 2.30. The smallest absolute Gasteiger partial charge is 0.137 e. The molecule has 0 fully saturated rings. The highest BCUT2D eigenvalue weighted by Gasteiger charge is 2.07. The van der Waals surface area contributed by atoms with Crippen molar-refractivity contribution in [3.8, 4) is 0 Å². The third-order valence-corrected chi connectivity index (χ3v) is 3.86. The molecule has 0 saturated heterocycles. The molecular weight excluding hydrogens is 257 g/mol. The van der Waals surface area contributed by atoms with Gasteiger partial charge in [0.15, 0.2) is 0 Å². The summed E-state index contributed by atoms with van der Waals surface area (Å²) < 4.78 is 14.0. The lowest BCUT2D eigenvalue weighted by Crippen LogP contribution is -2.17. The van der Waals surface area contributed by atoms with Crippen molar-refractivity contribution in [3.63, 3.8) is 0 Å². The Balaban J connectivity index is 2.15. The predicted molar refractivity (Wildman–Crippen MR) is 79.1 cm³/mol. The molecule has 0 amide bonds. The van der Waals surface area contributed by atoms with Crippen LogP contribution in [0.5, 0.6) is 0 Å². The Kier molecular flexibility index (Phi) is 4.61. The highest BCUT2D eigenvalue weighted by molar-refractivity contribution is 7.99. The minimum atomic E-state index is -0.177. The number of hydrogen-bond acceptors (Lipinski definition) is 2. The van der Waals surface area contributed by atoms with Gasteiger partial charge >= 0.3 is 0 Å². The van der Waals surface area contributed by atoms with Crippen LogP contribution < -0.4 is 5.73 Å². The third-order valence-electron chi connectivity index (χ3n) is 2.80. The van der Waals surface area contributed by atoms with Crippen molar-refractivity contribution in [2.45, 2.75) is 36.1 Å². The summed E-state index contributed by atoms with van der Waals surface area (Å²) in [5.41, 5.74) is 7.87. The van der Waals surface area contributed by atoms with E-state index in [0.29, 0.717) is 11.3 Å². The zero-order valence-electron chi connectivity index (χ0n) is 11.2. The van der Waals surface area contributed by atoms with Crippen molar-refractivity contribution in [1.82, 2.24) is 0 Å². The maximum absolute atomic E-state index is 14.0. The summed E-state index contributed by atoms with van der Waals surface area (Å²) in [6.45, 7) is 3.96. The van der Waals surface area contributed by atoms with Crippen LogP contribution in [-0.2, 0) is 6.42 Å². The minimum Gasteiger partial charge on any atom is -0.328 e. The zero-order chi connectivity index (χ0) is 13.8. The summed E-state index contributed by atoms with van der Waals surface area (Å²) in [6.07, 6.45) is 0.701. The molecule has 0 aliphatic carbocycles. The van der Waals surface area contributed by atoms with Crippen LogP contribution in [0.3, 0.4) is 0 Å². The van der Waals surface area contributed by atoms with Gasteiger partial charge < -0.3 is 5.73 Å². The van der Waals surface area contributed by atoms with Crippen LogP contribution in [0.4, 0.5) is 4.39 Å². The maximum Gasteiger partial charge on any atom is 0.137 e. The summed E-state index contributed by atoms with van der Waals surface area (Å²) in [6, 6.07) is 13.5. The van der Waals surface area contributed by atoms with Crippen LogP contribution in [0.1, 0.15) is 18.1 Å². The van der Waals surface area contributed by atoms with E-state index in [4.69, 9.17) is 5.73 Å². The molecule has 0 radical (unpaired) electrons. The first-order chi connectivity index (χ1) is 9.04. The van der Waals surface area contributed by atoms with E-state index in [9.17, 15) is 4.39 Å². The topological polar surface area (TPSA) is 26.0 Å². The molecule has 1 unspecified atom stereocenters. The first-order valence-corrected chi connectivity index (χ1v) is 7.15. The Hall–Kier alpha value is -1.32. The van der Waals surface area contributed by atoms with Gasteiger partial charge in [-0.25, -0.2) is 4.39 Å². The fourth-order valence-corrected chi connectivity index (χ4v) is 2.68. The molecule has 0 bridgehead atoms. The van der Waals surface area contributed by atoms with Gasteiger partial charge in [0.25, 0.3) is 0 Å². The first kappa shape index (κ1) is 14.1. The van der Waals surface area contributed by atoms with E-state index in [1.54, 1.807) is 6.07 Å². The van der Waals surface area contributed by atoms with Gasteiger partial charge in [-0.15, -0.1) is 0 Å². The number of rotatable bonds is 4. The Bertz CT molecular complexity index is 549. The third kappa shape index (κ3) is 4.08. The van der Waals surface area contributed by atoms with Crippen molar-refractivity contribution in [2.24, 2.45) is 5.73 Å². The number of aryl methyl sites for hydroxylation is 1. The largest absolute Gasteiger partial charge is 0.328 e. The van der Waals surface area contributed by atoms with Crippen molar-refractivity contribution in [2.75, 3.05) is 0 Å². The van der Waals surface area contributed by atoms with E-state index in [-0.39, 0.29) is 11.9 Å². The van der Waals surface area contributed by atoms with E-state index in [2.05, 4.69) is 0 Å². The van der Waals surface area contributed by atoms with E-state index < -0.39 is 0 Å². The van der Waals surface area contributed by atoms with Gasteiger partial charge in [-0.05, 0) is 50.1 Å². The van der Waals surface area contributed by atoms with E-state index >= 15 is 0 Å². The zero-order valence-corrected chi connectivity index (χ0v) is 12.0. The van der Waals surface area contributed by atoms with E-state index in [1.165, 1.54) is 17.3 Å². The number of benzene rings is 2. The summed E-state index contributed by atoms with van der Waals surface area (Å²) in [5.74, 6) is -0.177. The average molecular weight is 275 g/mol. The first-order valence-electron chi connectivity index (χ1n) is 6.33. The standard InChI is InChI=1S/C16H18FNS/c1-11-3-6-14(7-4-11)19-16-8-5-13(9-12(2)18)10-15(16)17/h3-8,10,12H,9,18H2,1-2H3. The van der Waals surface area contributed by atoms with Gasteiger partial charge in [-0.1, -0.05) is 35.5 Å². The molecule has 3 heteroatoms. The number of nitrogens with two attached hydrogens (primary N) is 1. The fourth-order valence-electron chi connectivity index (χ4n) is 1.86. The number of halogens is 1. The van der Waals surface area contributed by atoms with Gasteiger partial charge in [0.1, 0.15) is 5.82 Å². The van der Waals surface area contributed by atoms with Gasteiger partial charge in [-0.3, -0.25) is 0 Å². The summed E-state index contributed by atoms with van der Waals surface area (Å²) in [5, 5.41) is 0. The highest BCUT2D eigenvalue weighted by atomic mass is 32.2. The van der Waals surface area contributed by atoms with Crippen molar-refractivity contribution in [1.29, 1.82) is 0 Å². The Morgan fingerprint density at radius 2 is 1.84 bits per heavy atom. The molecule has 0 heterocycles. The van der Waals surface area contributed by atoms with Crippen LogP contribution in [-0.4, -0.2) is 6.04 Å². The van der Waals surface area contributed by atoms with E-state index in [1.807, 2.05) is 50.2 Å². The Labute approximate surface area is 118 Å². The normalized spacial score (nSPS) is 12.4. The molecule has 19 heavy (non-hydrogen) atoms. The molecular formula is C16H18FNS. The summed E-state index contributed by atoms with van der Waals surface area (Å²) >= 11 is 1.44. The van der Waals surface area contributed by atoms with Crippen LogP contribution in [0.15, 0.2) is 52.3 Å². The molecule has 0 saturated carbocycles. The van der Waals surface area contributed by atoms with Crippen molar-refractivity contribution >= 4 is 11.8 Å². The molecule has 100 valence electrons. The van der Waals surface area contributed by atoms with Gasteiger partial charge in [0.2, 0.25) is 0 Å². The summed E-state index contributed by atoms with van der Waals surface area (Å²) in [7, 11) is 0. The minimum absolute atomic E-state index is 0.0509. The Morgan fingerprint density at radius 3 is 2.42 bits per heavy atom. The Morgan fingerprint density at radius 1 is 1.16 bits per heavy atom. The lowest BCUT2D eigenvalue weighted by molar-refractivity contribution is 0.597.